The molecule has 0 amide bonds. The van der Waals surface area contributed by atoms with E-state index in [-0.39, 0.29) is 22.5 Å². The Kier molecular flexibility index (Phi) is 3.01. The van der Waals surface area contributed by atoms with E-state index in [1.165, 1.54) is 6.92 Å². The number of rotatable bonds is 2. The fourth-order valence-electron chi connectivity index (χ4n) is 1.62. The lowest BCUT2D eigenvalue weighted by atomic mass is 10.0. The highest BCUT2D eigenvalue weighted by atomic mass is 19.1. The fourth-order valence-corrected chi connectivity index (χ4v) is 1.62. The van der Waals surface area contributed by atoms with Gasteiger partial charge in [0.2, 0.25) is 0 Å². The van der Waals surface area contributed by atoms with Gasteiger partial charge in [-0.05, 0) is 19.1 Å². The summed E-state index contributed by atoms with van der Waals surface area (Å²) in [5.74, 6) is -2.86. The van der Waals surface area contributed by atoms with Crippen molar-refractivity contribution in [2.45, 2.75) is 6.92 Å². The summed E-state index contributed by atoms with van der Waals surface area (Å²) in [6.07, 6.45) is 1.14. The summed E-state index contributed by atoms with van der Waals surface area (Å²) in [5, 5.41) is 9.08. The average Bonchev–Trinajstić information content (AvgIpc) is 2.28. The number of carboxylic acid groups (broad SMARTS) is 1. The molecule has 2 rings (SSSR count). The van der Waals surface area contributed by atoms with Gasteiger partial charge in [0.05, 0.1) is 11.4 Å². The van der Waals surface area contributed by atoms with Crippen molar-refractivity contribution in [1.82, 2.24) is 9.97 Å². The maximum atomic E-state index is 13.6. The number of hydrogen-bond acceptors (Lipinski definition) is 3. The summed E-state index contributed by atoms with van der Waals surface area (Å²) in [4.78, 5) is 18.6. The van der Waals surface area contributed by atoms with Gasteiger partial charge in [-0.1, -0.05) is 0 Å². The second-order valence-electron chi connectivity index (χ2n) is 3.61. The van der Waals surface area contributed by atoms with E-state index in [2.05, 4.69) is 9.97 Å². The normalized spacial score (nSPS) is 10.4. The Balaban J connectivity index is 2.71. The summed E-state index contributed by atoms with van der Waals surface area (Å²) < 4.78 is 26.4. The zero-order valence-electron chi connectivity index (χ0n) is 9.32. The van der Waals surface area contributed by atoms with Crippen LogP contribution in [0.25, 0.3) is 11.3 Å². The molecule has 1 aromatic heterocycles. The molecule has 0 radical (unpaired) electrons. The fraction of sp³-hybridized carbons (Fsp3) is 0.0833. The molecule has 6 heteroatoms. The van der Waals surface area contributed by atoms with Crippen LogP contribution in [0.15, 0.2) is 24.5 Å². The van der Waals surface area contributed by atoms with Gasteiger partial charge in [-0.2, -0.15) is 0 Å². The largest absolute Gasteiger partial charge is 0.478 e. The van der Waals surface area contributed by atoms with Crippen molar-refractivity contribution in [3.05, 3.63) is 47.4 Å². The first kappa shape index (κ1) is 12.1. The van der Waals surface area contributed by atoms with Gasteiger partial charge in [-0.3, -0.25) is 0 Å². The Labute approximate surface area is 101 Å². The highest BCUT2D eigenvalue weighted by molar-refractivity contribution is 5.95. The minimum atomic E-state index is -1.26. The molecule has 4 nitrogen and oxygen atoms in total. The summed E-state index contributed by atoms with van der Waals surface area (Å²) in [5.41, 5.74) is -0.106. The predicted octanol–water partition coefficient (Wildman–Crippen LogP) is 2.43. The van der Waals surface area contributed by atoms with Gasteiger partial charge in [-0.25, -0.2) is 23.5 Å². The van der Waals surface area contributed by atoms with Crippen molar-refractivity contribution in [3.63, 3.8) is 0 Å². The van der Waals surface area contributed by atoms with Crippen molar-refractivity contribution in [1.29, 1.82) is 0 Å². The standard InChI is InChI=1S/C12H8F2N2O2/c1-6-10(12(17)18)11(16-5-15-6)8-3-2-7(13)4-9(8)14/h2-5H,1H3,(H,17,18). The van der Waals surface area contributed by atoms with E-state index in [1.807, 2.05) is 0 Å². The molecule has 0 spiro atoms. The minimum absolute atomic E-state index is 0.0625. The smallest absolute Gasteiger partial charge is 0.339 e. The molecule has 1 aromatic carbocycles. The maximum Gasteiger partial charge on any atom is 0.339 e. The van der Waals surface area contributed by atoms with Gasteiger partial charge in [0, 0.05) is 11.6 Å². The molecule has 0 aliphatic rings. The van der Waals surface area contributed by atoms with Crippen molar-refractivity contribution in [2.24, 2.45) is 0 Å². The van der Waals surface area contributed by atoms with E-state index in [0.29, 0.717) is 6.07 Å². The van der Waals surface area contributed by atoms with Crippen molar-refractivity contribution in [2.75, 3.05) is 0 Å². The topological polar surface area (TPSA) is 63.1 Å². The van der Waals surface area contributed by atoms with E-state index in [1.54, 1.807) is 0 Å². The Morgan fingerprint density at radius 2 is 2.00 bits per heavy atom. The van der Waals surface area contributed by atoms with E-state index in [4.69, 9.17) is 5.11 Å². The number of hydrogen-bond donors (Lipinski definition) is 1. The van der Waals surface area contributed by atoms with Crippen LogP contribution in [-0.2, 0) is 0 Å². The van der Waals surface area contributed by atoms with Crippen LogP contribution < -0.4 is 0 Å². The summed E-state index contributed by atoms with van der Waals surface area (Å²) in [6, 6.07) is 2.87. The third-order valence-electron chi connectivity index (χ3n) is 2.44. The quantitative estimate of drug-likeness (QED) is 0.889. The minimum Gasteiger partial charge on any atom is -0.478 e. The van der Waals surface area contributed by atoms with Gasteiger partial charge in [-0.15, -0.1) is 0 Å². The van der Waals surface area contributed by atoms with Gasteiger partial charge in [0.1, 0.15) is 23.5 Å². The number of carboxylic acids is 1. The highest BCUT2D eigenvalue weighted by Crippen LogP contribution is 2.25. The summed E-state index contributed by atoms with van der Waals surface area (Å²) in [7, 11) is 0. The van der Waals surface area contributed by atoms with Crippen LogP contribution in [0.1, 0.15) is 16.1 Å². The second kappa shape index (κ2) is 4.48. The number of aryl methyl sites for hydroxylation is 1. The molecule has 0 aliphatic heterocycles. The molecule has 0 fully saturated rings. The number of aromatic nitrogens is 2. The van der Waals surface area contributed by atoms with Crippen molar-refractivity contribution < 1.29 is 18.7 Å². The van der Waals surface area contributed by atoms with Crippen LogP contribution in [-0.4, -0.2) is 21.0 Å². The van der Waals surface area contributed by atoms with Gasteiger partial charge < -0.3 is 5.11 Å². The Morgan fingerprint density at radius 1 is 1.28 bits per heavy atom. The number of nitrogens with zero attached hydrogens (tertiary/aromatic N) is 2. The first-order chi connectivity index (χ1) is 8.50. The lowest BCUT2D eigenvalue weighted by molar-refractivity contribution is 0.0696. The van der Waals surface area contributed by atoms with Crippen LogP contribution in [0.5, 0.6) is 0 Å². The van der Waals surface area contributed by atoms with Crippen LogP contribution >= 0.6 is 0 Å². The highest BCUT2D eigenvalue weighted by Gasteiger charge is 2.19. The number of carbonyl (C=O) groups is 1. The van der Waals surface area contributed by atoms with E-state index in [0.717, 1.165) is 18.5 Å². The number of halogens is 2. The molecular formula is C12H8F2N2O2. The SMILES string of the molecule is Cc1ncnc(-c2ccc(F)cc2F)c1C(=O)O. The molecule has 0 atom stereocenters. The lowest BCUT2D eigenvalue weighted by Crippen LogP contribution is -2.07. The molecule has 0 saturated heterocycles. The summed E-state index contributed by atoms with van der Waals surface area (Å²) >= 11 is 0. The number of aromatic carboxylic acids is 1. The van der Waals surface area contributed by atoms with Gasteiger partial charge in [0.25, 0.3) is 0 Å². The molecular weight excluding hydrogens is 242 g/mol. The zero-order chi connectivity index (χ0) is 13.3. The average molecular weight is 250 g/mol. The predicted molar refractivity (Wildman–Crippen MR) is 59.1 cm³/mol. The third kappa shape index (κ3) is 2.04. The molecule has 92 valence electrons. The molecule has 18 heavy (non-hydrogen) atoms. The monoisotopic (exact) mass is 250 g/mol. The van der Waals surface area contributed by atoms with E-state index in [9.17, 15) is 13.6 Å². The van der Waals surface area contributed by atoms with E-state index < -0.39 is 17.6 Å². The third-order valence-corrected chi connectivity index (χ3v) is 2.44. The van der Waals surface area contributed by atoms with Crippen LogP contribution in [0.4, 0.5) is 8.78 Å². The molecule has 0 saturated carbocycles. The Bertz CT molecular complexity index is 629. The lowest BCUT2D eigenvalue weighted by Gasteiger charge is -2.08. The van der Waals surface area contributed by atoms with Crippen LogP contribution in [0, 0.1) is 18.6 Å². The molecule has 2 aromatic rings. The van der Waals surface area contributed by atoms with E-state index >= 15 is 0 Å². The second-order valence-corrected chi connectivity index (χ2v) is 3.61. The molecule has 0 unspecified atom stereocenters. The van der Waals surface area contributed by atoms with Crippen LogP contribution in [0.3, 0.4) is 0 Å². The molecule has 1 N–H and O–H groups in total. The zero-order valence-corrected chi connectivity index (χ0v) is 9.32. The Morgan fingerprint density at radius 3 is 2.61 bits per heavy atom. The number of benzene rings is 1. The first-order valence-corrected chi connectivity index (χ1v) is 5.01. The summed E-state index contributed by atoms with van der Waals surface area (Å²) in [6.45, 7) is 1.48. The van der Waals surface area contributed by atoms with Crippen molar-refractivity contribution in [3.8, 4) is 11.3 Å². The molecule has 0 bridgehead atoms. The molecule has 0 aliphatic carbocycles. The molecule has 1 heterocycles. The maximum absolute atomic E-state index is 13.6. The first-order valence-electron chi connectivity index (χ1n) is 5.01. The van der Waals surface area contributed by atoms with Crippen molar-refractivity contribution >= 4 is 5.97 Å². The van der Waals surface area contributed by atoms with Crippen LogP contribution in [0.2, 0.25) is 0 Å². The van der Waals surface area contributed by atoms with Gasteiger partial charge in [0.15, 0.2) is 0 Å². The van der Waals surface area contributed by atoms with Gasteiger partial charge >= 0.3 is 5.97 Å². The Hall–Kier alpha value is -2.37.